The Bertz CT molecular complexity index is 790. The van der Waals surface area contributed by atoms with Crippen molar-refractivity contribution < 1.29 is 0 Å². The van der Waals surface area contributed by atoms with Crippen LogP contribution in [0.3, 0.4) is 0 Å². The van der Waals surface area contributed by atoms with Gasteiger partial charge in [0, 0.05) is 13.1 Å². The molecule has 3 aromatic rings. The minimum Gasteiger partial charge on any atom is -0.355 e. The van der Waals surface area contributed by atoms with Gasteiger partial charge in [-0.2, -0.15) is 0 Å². The number of anilines is 1. The molecule has 0 atom stereocenters. The molecule has 5 nitrogen and oxygen atoms in total. The summed E-state index contributed by atoms with van der Waals surface area (Å²) >= 11 is 1.68. The number of rotatable bonds is 1. The second-order valence-corrected chi connectivity index (χ2v) is 5.85. The van der Waals surface area contributed by atoms with E-state index >= 15 is 0 Å². The molecule has 4 rings (SSSR count). The molecule has 0 amide bonds. The van der Waals surface area contributed by atoms with Crippen LogP contribution in [-0.2, 0) is 0 Å². The van der Waals surface area contributed by atoms with Crippen molar-refractivity contribution in [3.63, 3.8) is 0 Å². The van der Waals surface area contributed by atoms with Crippen LogP contribution in [0.25, 0.3) is 20.4 Å². The lowest BCUT2D eigenvalue weighted by Crippen LogP contribution is -2.37. The van der Waals surface area contributed by atoms with Gasteiger partial charge in [0.05, 0.1) is 21.3 Å². The van der Waals surface area contributed by atoms with Gasteiger partial charge in [-0.3, -0.25) is 0 Å². The molecule has 1 saturated heterocycles. The number of aryl methyl sites for hydroxylation is 2. The summed E-state index contributed by atoms with van der Waals surface area (Å²) in [5, 5.41) is 1.08. The molecular weight excluding hydrogens is 258 g/mol. The van der Waals surface area contributed by atoms with Crippen LogP contribution in [0, 0.1) is 13.8 Å². The summed E-state index contributed by atoms with van der Waals surface area (Å²) in [5.74, 6) is 1.87. The van der Waals surface area contributed by atoms with Gasteiger partial charge in [0.2, 0.25) is 0 Å². The molecule has 19 heavy (non-hydrogen) atoms. The summed E-state index contributed by atoms with van der Waals surface area (Å²) in [6.07, 6.45) is 2.90. The molecule has 1 fully saturated rings. The number of thiophene rings is 1. The van der Waals surface area contributed by atoms with E-state index in [4.69, 9.17) is 0 Å². The van der Waals surface area contributed by atoms with Crippen LogP contribution in [0.15, 0.2) is 6.33 Å². The van der Waals surface area contributed by atoms with Gasteiger partial charge in [0.25, 0.3) is 0 Å². The predicted octanol–water partition coefficient (Wildman–Crippen LogP) is 2.46. The van der Waals surface area contributed by atoms with Gasteiger partial charge in [-0.1, -0.05) is 0 Å². The Kier molecular flexibility index (Phi) is 2.23. The molecule has 4 heterocycles. The SMILES string of the molecule is Cc1nc(C)c2c(n1)sc1c(N3CCC3)ncnc12. The third-order valence-corrected chi connectivity index (χ3v) is 4.61. The fourth-order valence-electron chi connectivity index (χ4n) is 2.51. The summed E-state index contributed by atoms with van der Waals surface area (Å²) in [6.45, 7) is 6.13. The highest BCUT2D eigenvalue weighted by molar-refractivity contribution is 7.26. The van der Waals surface area contributed by atoms with Gasteiger partial charge in [-0.25, -0.2) is 19.9 Å². The van der Waals surface area contributed by atoms with Crippen molar-refractivity contribution in [2.24, 2.45) is 0 Å². The van der Waals surface area contributed by atoms with Crippen LogP contribution in [0.4, 0.5) is 5.82 Å². The summed E-state index contributed by atoms with van der Waals surface area (Å²) in [7, 11) is 0. The minimum absolute atomic E-state index is 0.815. The summed E-state index contributed by atoms with van der Waals surface area (Å²) < 4.78 is 1.14. The standard InChI is InChI=1S/C13H13N5S/c1-7-9-10-11(19-13(9)17-8(2)16-7)12(15-6-14-10)18-4-3-5-18/h6H,3-5H2,1-2H3. The molecule has 6 heteroatoms. The van der Waals surface area contributed by atoms with Gasteiger partial charge in [-0.15, -0.1) is 11.3 Å². The maximum absolute atomic E-state index is 4.54. The molecule has 1 aliphatic rings. The zero-order chi connectivity index (χ0) is 13.0. The topological polar surface area (TPSA) is 54.8 Å². The second-order valence-electron chi connectivity index (χ2n) is 4.85. The monoisotopic (exact) mass is 271 g/mol. The normalized spacial score (nSPS) is 15.2. The number of hydrogen-bond donors (Lipinski definition) is 0. The Morgan fingerprint density at radius 1 is 1.16 bits per heavy atom. The van der Waals surface area contributed by atoms with Crippen molar-refractivity contribution in [1.29, 1.82) is 0 Å². The first kappa shape index (κ1) is 11.0. The average molecular weight is 271 g/mol. The molecule has 0 aromatic carbocycles. The van der Waals surface area contributed by atoms with Crippen molar-refractivity contribution in [2.45, 2.75) is 20.3 Å². The maximum Gasteiger partial charge on any atom is 0.150 e. The Hall–Kier alpha value is -1.82. The lowest BCUT2D eigenvalue weighted by molar-refractivity contribution is 0.612. The van der Waals surface area contributed by atoms with Crippen LogP contribution < -0.4 is 4.90 Å². The Morgan fingerprint density at radius 2 is 2.00 bits per heavy atom. The van der Waals surface area contributed by atoms with Crippen LogP contribution in [0.2, 0.25) is 0 Å². The van der Waals surface area contributed by atoms with Gasteiger partial charge in [0.15, 0.2) is 0 Å². The largest absolute Gasteiger partial charge is 0.355 e. The fraction of sp³-hybridized carbons (Fsp3) is 0.385. The van der Waals surface area contributed by atoms with Crippen molar-refractivity contribution in [3.05, 3.63) is 17.8 Å². The average Bonchev–Trinajstić information content (AvgIpc) is 2.65. The molecule has 0 radical (unpaired) electrons. The van der Waals surface area contributed by atoms with Gasteiger partial charge in [-0.05, 0) is 20.3 Å². The number of fused-ring (bicyclic) bond motifs is 3. The quantitative estimate of drug-likeness (QED) is 0.680. The highest BCUT2D eigenvalue weighted by atomic mass is 32.1. The lowest BCUT2D eigenvalue weighted by atomic mass is 10.2. The molecule has 0 bridgehead atoms. The van der Waals surface area contributed by atoms with Crippen molar-refractivity contribution in [1.82, 2.24) is 19.9 Å². The molecule has 0 spiro atoms. The van der Waals surface area contributed by atoms with E-state index in [1.54, 1.807) is 17.7 Å². The smallest absolute Gasteiger partial charge is 0.150 e. The van der Waals surface area contributed by atoms with E-state index in [-0.39, 0.29) is 0 Å². The third-order valence-electron chi connectivity index (χ3n) is 3.54. The molecule has 0 aliphatic carbocycles. The van der Waals surface area contributed by atoms with E-state index in [0.29, 0.717) is 0 Å². The fourth-order valence-corrected chi connectivity index (χ4v) is 3.76. The zero-order valence-corrected chi connectivity index (χ0v) is 11.7. The Morgan fingerprint density at radius 3 is 2.74 bits per heavy atom. The van der Waals surface area contributed by atoms with Gasteiger partial charge >= 0.3 is 0 Å². The minimum atomic E-state index is 0.815. The molecule has 0 N–H and O–H groups in total. The van der Waals surface area contributed by atoms with Gasteiger partial charge in [0.1, 0.15) is 22.8 Å². The summed E-state index contributed by atoms with van der Waals surface area (Å²) in [5.41, 5.74) is 2.00. The third kappa shape index (κ3) is 1.53. The van der Waals surface area contributed by atoms with Crippen LogP contribution >= 0.6 is 11.3 Å². The highest BCUT2D eigenvalue weighted by Gasteiger charge is 2.22. The van der Waals surface area contributed by atoms with Gasteiger partial charge < -0.3 is 4.90 Å². The molecule has 0 unspecified atom stereocenters. The van der Waals surface area contributed by atoms with Crippen LogP contribution in [0.5, 0.6) is 0 Å². The van der Waals surface area contributed by atoms with E-state index in [1.807, 2.05) is 13.8 Å². The first-order valence-corrected chi connectivity index (χ1v) is 7.19. The van der Waals surface area contributed by atoms with E-state index in [0.717, 1.165) is 50.9 Å². The zero-order valence-electron chi connectivity index (χ0n) is 10.8. The predicted molar refractivity (Wildman–Crippen MR) is 76.8 cm³/mol. The summed E-state index contributed by atoms with van der Waals surface area (Å²) in [6, 6.07) is 0. The second kappa shape index (κ2) is 3.84. The molecular formula is C13H13N5S. The van der Waals surface area contributed by atoms with Crippen LogP contribution in [-0.4, -0.2) is 33.0 Å². The summed E-state index contributed by atoms with van der Waals surface area (Å²) in [4.78, 5) is 21.2. The lowest BCUT2D eigenvalue weighted by Gasteiger charge is -2.31. The molecule has 3 aromatic heterocycles. The number of hydrogen-bond acceptors (Lipinski definition) is 6. The first-order chi connectivity index (χ1) is 9.24. The number of aromatic nitrogens is 4. The Balaban J connectivity index is 2.10. The first-order valence-electron chi connectivity index (χ1n) is 6.37. The van der Waals surface area contributed by atoms with Crippen molar-refractivity contribution in [3.8, 4) is 0 Å². The van der Waals surface area contributed by atoms with E-state index in [1.165, 1.54) is 6.42 Å². The molecule has 1 aliphatic heterocycles. The van der Waals surface area contributed by atoms with Crippen LogP contribution in [0.1, 0.15) is 17.9 Å². The molecule has 0 saturated carbocycles. The van der Waals surface area contributed by atoms with Crippen molar-refractivity contribution in [2.75, 3.05) is 18.0 Å². The molecule has 96 valence electrons. The Labute approximate surface area is 114 Å². The highest BCUT2D eigenvalue weighted by Crippen LogP contribution is 2.38. The van der Waals surface area contributed by atoms with E-state index in [9.17, 15) is 0 Å². The van der Waals surface area contributed by atoms with E-state index in [2.05, 4.69) is 24.8 Å². The number of nitrogens with zero attached hydrogens (tertiary/aromatic N) is 5. The van der Waals surface area contributed by atoms with Crippen molar-refractivity contribution >= 4 is 37.6 Å². The van der Waals surface area contributed by atoms with E-state index < -0.39 is 0 Å². The maximum atomic E-state index is 4.54.